The fourth-order valence-corrected chi connectivity index (χ4v) is 2.95. The van der Waals surface area contributed by atoms with E-state index in [2.05, 4.69) is 23.7 Å². The van der Waals surface area contributed by atoms with Gasteiger partial charge in [0.05, 0.1) is 12.7 Å². The minimum Gasteiger partial charge on any atom is -0.379 e. The second-order valence-electron chi connectivity index (χ2n) is 4.77. The molecule has 0 aromatic carbocycles. The lowest BCUT2D eigenvalue weighted by Crippen LogP contribution is -2.18. The molecule has 1 unspecified atom stereocenters. The molecule has 1 fully saturated rings. The maximum absolute atomic E-state index is 5.62. The van der Waals surface area contributed by atoms with E-state index in [9.17, 15) is 0 Å². The van der Waals surface area contributed by atoms with Crippen molar-refractivity contribution in [2.45, 2.75) is 38.8 Å². The van der Waals surface area contributed by atoms with Gasteiger partial charge in [-0.3, -0.25) is 0 Å². The van der Waals surface area contributed by atoms with Gasteiger partial charge in [-0.05, 0) is 49.7 Å². The second-order valence-corrected chi connectivity index (χ2v) is 5.77. The van der Waals surface area contributed by atoms with Gasteiger partial charge in [0.1, 0.15) is 0 Å². The van der Waals surface area contributed by atoms with E-state index in [1.165, 1.54) is 16.9 Å². The first-order chi connectivity index (χ1) is 8.86. The van der Waals surface area contributed by atoms with Crippen molar-refractivity contribution in [2.75, 3.05) is 26.4 Å². The van der Waals surface area contributed by atoms with Crippen LogP contribution < -0.4 is 5.32 Å². The van der Waals surface area contributed by atoms with Crippen molar-refractivity contribution >= 4 is 11.3 Å². The quantitative estimate of drug-likeness (QED) is 0.736. The number of hydrogen-bond donors (Lipinski definition) is 1. The van der Waals surface area contributed by atoms with E-state index >= 15 is 0 Å². The highest BCUT2D eigenvalue weighted by Gasteiger charge is 2.14. The average molecular weight is 269 g/mol. The Morgan fingerprint density at radius 2 is 2.50 bits per heavy atom. The molecule has 0 spiro atoms. The van der Waals surface area contributed by atoms with Gasteiger partial charge >= 0.3 is 0 Å². The van der Waals surface area contributed by atoms with Gasteiger partial charge in [-0.1, -0.05) is 0 Å². The minimum absolute atomic E-state index is 0.353. The number of ether oxygens (including phenoxy) is 2. The number of hydrogen-bond acceptors (Lipinski definition) is 4. The van der Waals surface area contributed by atoms with Crippen LogP contribution in [0.25, 0.3) is 0 Å². The van der Waals surface area contributed by atoms with Crippen LogP contribution in [0.3, 0.4) is 0 Å². The van der Waals surface area contributed by atoms with Crippen LogP contribution in [-0.2, 0) is 16.0 Å². The van der Waals surface area contributed by atoms with E-state index in [0.29, 0.717) is 6.10 Å². The van der Waals surface area contributed by atoms with Gasteiger partial charge in [0.2, 0.25) is 0 Å². The van der Waals surface area contributed by atoms with Gasteiger partial charge < -0.3 is 14.8 Å². The van der Waals surface area contributed by atoms with Gasteiger partial charge in [-0.2, -0.15) is 0 Å². The Balaban J connectivity index is 1.43. The van der Waals surface area contributed by atoms with Gasteiger partial charge in [0.25, 0.3) is 0 Å². The topological polar surface area (TPSA) is 30.5 Å². The fraction of sp³-hybridized carbons (Fsp3) is 0.714. The molecule has 0 aliphatic carbocycles. The molecule has 0 saturated carbocycles. The zero-order valence-corrected chi connectivity index (χ0v) is 11.9. The number of thiophene rings is 1. The molecule has 3 nitrogen and oxygen atoms in total. The monoisotopic (exact) mass is 269 g/mol. The third-order valence-electron chi connectivity index (χ3n) is 3.22. The Morgan fingerprint density at radius 3 is 3.22 bits per heavy atom. The summed E-state index contributed by atoms with van der Waals surface area (Å²) in [7, 11) is 0. The van der Waals surface area contributed by atoms with E-state index in [-0.39, 0.29) is 0 Å². The van der Waals surface area contributed by atoms with Gasteiger partial charge in [-0.25, -0.2) is 0 Å². The molecular weight excluding hydrogens is 246 g/mol. The van der Waals surface area contributed by atoms with Crippen LogP contribution in [0.15, 0.2) is 11.4 Å². The molecule has 0 bridgehead atoms. The summed E-state index contributed by atoms with van der Waals surface area (Å²) >= 11 is 1.82. The summed E-state index contributed by atoms with van der Waals surface area (Å²) in [5.74, 6) is 0. The van der Waals surface area contributed by atoms with Crippen molar-refractivity contribution in [2.24, 2.45) is 0 Å². The highest BCUT2D eigenvalue weighted by atomic mass is 32.1. The van der Waals surface area contributed by atoms with E-state index in [4.69, 9.17) is 9.47 Å². The summed E-state index contributed by atoms with van der Waals surface area (Å²) in [5.41, 5.74) is 1.39. The summed E-state index contributed by atoms with van der Waals surface area (Å²) in [6.45, 7) is 6.67. The third kappa shape index (κ3) is 4.69. The molecule has 1 aliphatic heterocycles. The zero-order valence-electron chi connectivity index (χ0n) is 11.1. The van der Waals surface area contributed by atoms with Crippen LogP contribution in [0.5, 0.6) is 0 Å². The Morgan fingerprint density at radius 1 is 1.56 bits per heavy atom. The molecule has 1 N–H and O–H groups in total. The summed E-state index contributed by atoms with van der Waals surface area (Å²) in [5, 5.41) is 5.61. The molecule has 102 valence electrons. The molecule has 1 aromatic heterocycles. The zero-order chi connectivity index (χ0) is 12.6. The maximum atomic E-state index is 5.62. The van der Waals surface area contributed by atoms with Crippen LogP contribution in [0.1, 0.15) is 29.7 Å². The van der Waals surface area contributed by atoms with E-state index in [1.807, 2.05) is 11.3 Å². The summed E-state index contributed by atoms with van der Waals surface area (Å²) < 4.78 is 11.1. The van der Waals surface area contributed by atoms with Crippen molar-refractivity contribution in [1.29, 1.82) is 0 Å². The molecule has 1 aromatic rings. The molecule has 1 saturated heterocycles. The van der Waals surface area contributed by atoms with Gasteiger partial charge in [-0.15, -0.1) is 11.3 Å². The molecule has 0 amide bonds. The minimum atomic E-state index is 0.353. The molecule has 18 heavy (non-hydrogen) atoms. The molecule has 2 heterocycles. The number of nitrogens with one attached hydrogen (secondary N) is 1. The van der Waals surface area contributed by atoms with Crippen molar-refractivity contribution in [3.63, 3.8) is 0 Å². The SMILES string of the molecule is Cc1ccsc1CNCCCOCC1CCCO1. The van der Waals surface area contributed by atoms with E-state index < -0.39 is 0 Å². The molecule has 4 heteroatoms. The summed E-state index contributed by atoms with van der Waals surface area (Å²) in [4.78, 5) is 1.44. The first-order valence-electron chi connectivity index (χ1n) is 6.79. The smallest absolute Gasteiger partial charge is 0.0809 e. The second kappa shape index (κ2) is 7.89. The predicted molar refractivity (Wildman–Crippen MR) is 75.2 cm³/mol. The normalized spacial score (nSPS) is 19.5. The van der Waals surface area contributed by atoms with Crippen LogP contribution in [0.2, 0.25) is 0 Å². The fourth-order valence-electron chi connectivity index (χ4n) is 2.08. The lowest BCUT2D eigenvalue weighted by Gasteiger charge is -2.10. The first-order valence-corrected chi connectivity index (χ1v) is 7.67. The van der Waals surface area contributed by atoms with Crippen LogP contribution in [0, 0.1) is 6.92 Å². The lowest BCUT2D eigenvalue weighted by atomic mass is 10.2. The van der Waals surface area contributed by atoms with E-state index in [1.54, 1.807) is 0 Å². The largest absolute Gasteiger partial charge is 0.379 e. The number of rotatable bonds is 8. The van der Waals surface area contributed by atoms with Crippen molar-refractivity contribution in [3.05, 3.63) is 21.9 Å². The van der Waals surface area contributed by atoms with Crippen LogP contribution in [0.4, 0.5) is 0 Å². The van der Waals surface area contributed by atoms with Crippen molar-refractivity contribution < 1.29 is 9.47 Å². The average Bonchev–Trinajstić information content (AvgIpc) is 3.00. The summed E-state index contributed by atoms with van der Waals surface area (Å²) in [6.07, 6.45) is 3.77. The summed E-state index contributed by atoms with van der Waals surface area (Å²) in [6, 6.07) is 2.17. The highest BCUT2D eigenvalue weighted by molar-refractivity contribution is 7.10. The standard InChI is InChI=1S/C14H23NO2S/c1-12-5-9-18-14(12)10-15-6-3-7-16-11-13-4-2-8-17-13/h5,9,13,15H,2-4,6-8,10-11H2,1H3. The first kappa shape index (κ1) is 14.0. The molecular formula is C14H23NO2S. The van der Waals surface area contributed by atoms with Gasteiger partial charge in [0, 0.05) is 24.6 Å². The Kier molecular flexibility index (Phi) is 6.14. The highest BCUT2D eigenvalue weighted by Crippen LogP contribution is 2.14. The van der Waals surface area contributed by atoms with Gasteiger partial charge in [0.15, 0.2) is 0 Å². The molecule has 1 aliphatic rings. The van der Waals surface area contributed by atoms with Crippen LogP contribution >= 0.6 is 11.3 Å². The van der Waals surface area contributed by atoms with E-state index in [0.717, 1.165) is 45.8 Å². The molecule has 0 radical (unpaired) electrons. The molecule has 1 atom stereocenters. The Labute approximate surface area is 113 Å². The lowest BCUT2D eigenvalue weighted by molar-refractivity contribution is 0.0166. The number of aryl methyl sites for hydroxylation is 1. The van der Waals surface area contributed by atoms with Crippen molar-refractivity contribution in [1.82, 2.24) is 5.32 Å². The van der Waals surface area contributed by atoms with Crippen LogP contribution in [-0.4, -0.2) is 32.5 Å². The Hall–Kier alpha value is -0.420. The van der Waals surface area contributed by atoms with Crippen molar-refractivity contribution in [3.8, 4) is 0 Å². The Bertz CT molecular complexity index is 334. The predicted octanol–water partition coefficient (Wildman–Crippen LogP) is 2.73. The maximum Gasteiger partial charge on any atom is 0.0809 e. The third-order valence-corrected chi connectivity index (χ3v) is 4.25. The molecule has 2 rings (SSSR count).